The molecule has 0 aliphatic rings. The average Bonchev–Trinajstić information content (AvgIpc) is 2.29. The SMILES string of the molecule is Cc1ccncc1.Cc1ccncc1.[Cl][Pt]([Cl])([Cl])[Cl]. The molecule has 2 heterocycles. The van der Waals surface area contributed by atoms with Gasteiger partial charge >= 0.3 is 49.6 Å². The van der Waals surface area contributed by atoms with Crippen LogP contribution in [-0.4, -0.2) is 9.97 Å². The van der Waals surface area contributed by atoms with Gasteiger partial charge in [0.25, 0.3) is 0 Å². The topological polar surface area (TPSA) is 25.8 Å². The summed E-state index contributed by atoms with van der Waals surface area (Å²) in [4.78, 5) is 7.69. The van der Waals surface area contributed by atoms with Crippen molar-refractivity contribution in [2.75, 3.05) is 0 Å². The molecule has 0 aliphatic carbocycles. The molecule has 0 unspecified atom stereocenters. The number of hydrogen-bond acceptors (Lipinski definition) is 2. The van der Waals surface area contributed by atoms with Crippen LogP contribution in [0.2, 0.25) is 0 Å². The van der Waals surface area contributed by atoms with Crippen molar-refractivity contribution in [1.82, 2.24) is 9.97 Å². The fourth-order valence-electron chi connectivity index (χ4n) is 0.853. The van der Waals surface area contributed by atoms with Gasteiger partial charge in [0.15, 0.2) is 0 Å². The Hall–Kier alpha value is 0.148. The summed E-state index contributed by atoms with van der Waals surface area (Å²) in [6, 6.07) is 7.89. The molecular weight excluding hydrogens is 509 g/mol. The van der Waals surface area contributed by atoms with Gasteiger partial charge in [0.05, 0.1) is 0 Å². The van der Waals surface area contributed by atoms with E-state index in [0.29, 0.717) is 0 Å². The molecule has 0 amide bonds. The van der Waals surface area contributed by atoms with Crippen LogP contribution in [0, 0.1) is 13.8 Å². The van der Waals surface area contributed by atoms with Gasteiger partial charge in [-0.15, -0.1) is 0 Å². The zero-order valence-electron chi connectivity index (χ0n) is 10.3. The molecule has 2 aromatic heterocycles. The Morgan fingerprint density at radius 3 is 1.00 bits per heavy atom. The van der Waals surface area contributed by atoms with Crippen molar-refractivity contribution >= 4 is 37.7 Å². The van der Waals surface area contributed by atoms with Crippen molar-refractivity contribution in [3.63, 3.8) is 0 Å². The van der Waals surface area contributed by atoms with Gasteiger partial charge in [-0.25, -0.2) is 0 Å². The first-order chi connectivity index (χ1) is 8.79. The third kappa shape index (κ3) is 18.1. The van der Waals surface area contributed by atoms with E-state index in [1.54, 1.807) is 24.8 Å². The van der Waals surface area contributed by atoms with Gasteiger partial charge in [0.1, 0.15) is 0 Å². The number of aromatic nitrogens is 2. The normalized spacial score (nSPS) is 10.4. The second-order valence-electron chi connectivity index (χ2n) is 3.32. The number of halogens is 4. The van der Waals surface area contributed by atoms with Crippen LogP contribution in [0.5, 0.6) is 0 Å². The molecule has 7 heteroatoms. The third-order valence-corrected chi connectivity index (χ3v) is 1.69. The molecule has 0 fully saturated rings. The van der Waals surface area contributed by atoms with E-state index in [0.717, 1.165) is 0 Å². The number of hydrogen-bond donors (Lipinski definition) is 0. The van der Waals surface area contributed by atoms with Crippen molar-refractivity contribution in [2.24, 2.45) is 0 Å². The molecule has 0 atom stereocenters. The summed E-state index contributed by atoms with van der Waals surface area (Å²) in [5.74, 6) is 0. The molecule has 0 aromatic carbocycles. The van der Waals surface area contributed by atoms with Crippen molar-refractivity contribution < 1.29 is 11.9 Å². The standard InChI is InChI=1S/2C6H7N.4ClH.Pt/c2*1-6-2-4-7-5-3-6;;;;;/h2*2-5H,1H3;4*1H;/q;;;;;;+4/p-4. The first-order valence-electron chi connectivity index (χ1n) is 5.00. The molecule has 0 saturated carbocycles. The van der Waals surface area contributed by atoms with E-state index < -0.39 is 11.9 Å². The van der Waals surface area contributed by atoms with Gasteiger partial charge in [0.2, 0.25) is 0 Å². The Bertz CT molecular complexity index is 391. The molecule has 0 aliphatic heterocycles. The van der Waals surface area contributed by atoms with Crippen LogP contribution in [0.1, 0.15) is 11.1 Å². The molecule has 0 saturated heterocycles. The van der Waals surface area contributed by atoms with Gasteiger partial charge in [-0.2, -0.15) is 0 Å². The van der Waals surface area contributed by atoms with Crippen molar-refractivity contribution in [3.8, 4) is 0 Å². The second-order valence-corrected chi connectivity index (χ2v) is 23.0. The van der Waals surface area contributed by atoms with Crippen LogP contribution in [0.4, 0.5) is 0 Å². The first kappa shape index (κ1) is 19.1. The van der Waals surface area contributed by atoms with Gasteiger partial charge in [-0.3, -0.25) is 9.97 Å². The summed E-state index contributed by atoms with van der Waals surface area (Å²) in [6.07, 6.45) is 7.15. The number of nitrogens with zero attached hydrogens (tertiary/aromatic N) is 2. The number of rotatable bonds is 0. The minimum absolute atomic E-state index is 1.26. The molecule has 0 N–H and O–H groups in total. The molecule has 110 valence electrons. The molecule has 2 nitrogen and oxygen atoms in total. The van der Waals surface area contributed by atoms with Crippen LogP contribution in [0.15, 0.2) is 49.1 Å². The van der Waals surface area contributed by atoms with Crippen LogP contribution < -0.4 is 0 Å². The maximum absolute atomic E-state index is 5.01. The third-order valence-electron chi connectivity index (χ3n) is 1.69. The summed E-state index contributed by atoms with van der Waals surface area (Å²) >= 11 is -3.06. The predicted octanol–water partition coefficient (Wildman–Crippen LogP) is 5.54. The van der Waals surface area contributed by atoms with E-state index in [1.165, 1.54) is 11.1 Å². The molecule has 19 heavy (non-hydrogen) atoms. The van der Waals surface area contributed by atoms with Gasteiger partial charge < -0.3 is 0 Å². The van der Waals surface area contributed by atoms with Crippen LogP contribution in [0.25, 0.3) is 0 Å². The summed E-state index contributed by atoms with van der Waals surface area (Å²) in [6.45, 7) is 4.09. The molecule has 0 bridgehead atoms. The number of aryl methyl sites for hydroxylation is 2. The van der Waals surface area contributed by atoms with E-state index in [2.05, 4.69) is 9.97 Å². The molecule has 2 aromatic rings. The van der Waals surface area contributed by atoms with Crippen molar-refractivity contribution in [1.29, 1.82) is 0 Å². The maximum atomic E-state index is 5.01. The Balaban J connectivity index is 0.000000261. The Labute approximate surface area is 133 Å². The Kier molecular flexibility index (Phi) is 11.0. The molecule has 0 spiro atoms. The quantitative estimate of drug-likeness (QED) is 0.454. The van der Waals surface area contributed by atoms with Crippen LogP contribution >= 0.6 is 37.7 Å². The van der Waals surface area contributed by atoms with Crippen molar-refractivity contribution in [3.05, 3.63) is 60.2 Å². The minimum atomic E-state index is -3.06. The van der Waals surface area contributed by atoms with E-state index in [1.807, 2.05) is 38.1 Å². The second kappa shape index (κ2) is 10.9. The van der Waals surface area contributed by atoms with E-state index in [4.69, 9.17) is 37.7 Å². The monoisotopic (exact) mass is 521 g/mol. The zero-order chi connectivity index (χ0) is 14.7. The summed E-state index contributed by atoms with van der Waals surface area (Å²) in [7, 11) is 20.0. The summed E-state index contributed by atoms with van der Waals surface area (Å²) in [5.41, 5.74) is 2.52. The Morgan fingerprint density at radius 1 is 0.684 bits per heavy atom. The van der Waals surface area contributed by atoms with Gasteiger partial charge in [-0.05, 0) is 49.2 Å². The van der Waals surface area contributed by atoms with E-state index in [-0.39, 0.29) is 0 Å². The van der Waals surface area contributed by atoms with Crippen molar-refractivity contribution in [2.45, 2.75) is 13.8 Å². The molecule has 0 radical (unpaired) electrons. The zero-order valence-corrected chi connectivity index (χ0v) is 15.6. The summed E-state index contributed by atoms with van der Waals surface area (Å²) in [5, 5.41) is 0. The van der Waals surface area contributed by atoms with E-state index >= 15 is 0 Å². The number of pyridine rings is 2. The molecule has 2 rings (SSSR count). The van der Waals surface area contributed by atoms with Gasteiger partial charge in [0, 0.05) is 24.8 Å². The Morgan fingerprint density at radius 2 is 0.895 bits per heavy atom. The van der Waals surface area contributed by atoms with Crippen LogP contribution in [-0.2, 0) is 11.9 Å². The average molecular weight is 523 g/mol. The fourth-order valence-corrected chi connectivity index (χ4v) is 0.853. The fraction of sp³-hybridized carbons (Fsp3) is 0.167. The van der Waals surface area contributed by atoms with Crippen LogP contribution in [0.3, 0.4) is 0 Å². The molecular formula is C12H14Cl4N2Pt. The first-order valence-corrected chi connectivity index (χ1v) is 16.3. The van der Waals surface area contributed by atoms with Gasteiger partial charge in [-0.1, -0.05) is 0 Å². The summed E-state index contributed by atoms with van der Waals surface area (Å²) < 4.78 is 0. The van der Waals surface area contributed by atoms with E-state index in [9.17, 15) is 0 Å². The predicted molar refractivity (Wildman–Crippen MR) is 81.4 cm³/mol.